The second kappa shape index (κ2) is 5.95. The number of carbonyl (C=O) groups is 2. The zero-order valence-electron chi connectivity index (χ0n) is 12.4. The van der Waals surface area contributed by atoms with Crippen molar-refractivity contribution in [3.63, 3.8) is 0 Å². The van der Waals surface area contributed by atoms with E-state index in [9.17, 15) is 9.59 Å². The summed E-state index contributed by atoms with van der Waals surface area (Å²) in [4.78, 5) is 25.1. The van der Waals surface area contributed by atoms with Crippen molar-refractivity contribution >= 4 is 28.2 Å². The number of rotatable bonds is 3. The first-order valence-electron chi connectivity index (χ1n) is 6.97. The quantitative estimate of drug-likeness (QED) is 0.871. The number of hydrogen-bond donors (Lipinski definition) is 1. The van der Waals surface area contributed by atoms with Crippen LogP contribution in [0.2, 0.25) is 0 Å². The molecule has 0 aliphatic heterocycles. The molecule has 2 rings (SSSR count). The normalized spacial score (nSPS) is 17.8. The zero-order chi connectivity index (χ0) is 14.9. The first kappa shape index (κ1) is 15.0. The molecule has 1 N–H and O–H groups in total. The van der Waals surface area contributed by atoms with Gasteiger partial charge in [0, 0.05) is 10.8 Å². The van der Waals surface area contributed by atoms with Gasteiger partial charge in [-0.2, -0.15) is 0 Å². The summed E-state index contributed by atoms with van der Waals surface area (Å²) >= 11 is 1.52. The molecule has 0 aromatic carbocycles. The molecule has 0 spiro atoms. The monoisotopic (exact) mass is 295 g/mol. The summed E-state index contributed by atoms with van der Waals surface area (Å²) < 4.78 is 4.89. The standard InChI is InChI=1S/C15H21NO3S/c1-8(2)13(17)16-14-12(15(18)19-4)10-6-5-9(3)7-11(10)20-14/h8-9H,5-7H2,1-4H3,(H,16,17)/t9-/m1/s1. The van der Waals surface area contributed by atoms with E-state index in [1.54, 1.807) is 0 Å². The van der Waals surface area contributed by atoms with E-state index in [2.05, 4.69) is 12.2 Å². The smallest absolute Gasteiger partial charge is 0.341 e. The van der Waals surface area contributed by atoms with E-state index in [4.69, 9.17) is 4.74 Å². The Labute approximate surface area is 123 Å². The van der Waals surface area contributed by atoms with Gasteiger partial charge in [0.2, 0.25) is 5.91 Å². The number of fused-ring (bicyclic) bond motifs is 1. The highest BCUT2D eigenvalue weighted by atomic mass is 32.1. The minimum absolute atomic E-state index is 0.0678. The van der Waals surface area contributed by atoms with Gasteiger partial charge in [-0.05, 0) is 30.7 Å². The van der Waals surface area contributed by atoms with Gasteiger partial charge in [0.05, 0.1) is 12.7 Å². The number of ether oxygens (including phenoxy) is 1. The van der Waals surface area contributed by atoms with Crippen molar-refractivity contribution in [1.82, 2.24) is 0 Å². The minimum Gasteiger partial charge on any atom is -0.465 e. The fraction of sp³-hybridized carbons (Fsp3) is 0.600. The molecule has 1 amide bonds. The molecular formula is C15H21NO3S. The predicted octanol–water partition coefficient (Wildman–Crippen LogP) is 3.25. The fourth-order valence-corrected chi connectivity index (χ4v) is 3.81. The van der Waals surface area contributed by atoms with Crippen LogP contribution in [0.25, 0.3) is 0 Å². The molecule has 1 aliphatic carbocycles. The third-order valence-corrected chi connectivity index (χ3v) is 4.83. The van der Waals surface area contributed by atoms with Gasteiger partial charge in [-0.25, -0.2) is 4.79 Å². The summed E-state index contributed by atoms with van der Waals surface area (Å²) in [6, 6.07) is 0. The Balaban J connectivity index is 2.40. The van der Waals surface area contributed by atoms with Crippen LogP contribution in [-0.4, -0.2) is 19.0 Å². The van der Waals surface area contributed by atoms with Crippen molar-refractivity contribution in [2.45, 2.75) is 40.0 Å². The van der Waals surface area contributed by atoms with E-state index >= 15 is 0 Å². The molecule has 5 heteroatoms. The van der Waals surface area contributed by atoms with Crippen molar-refractivity contribution in [3.05, 3.63) is 16.0 Å². The molecule has 1 aromatic rings. The largest absolute Gasteiger partial charge is 0.465 e. The van der Waals surface area contributed by atoms with Crippen LogP contribution in [0.15, 0.2) is 0 Å². The summed E-state index contributed by atoms with van der Waals surface area (Å²) in [5.41, 5.74) is 1.63. The number of esters is 1. The van der Waals surface area contributed by atoms with Crippen LogP contribution in [-0.2, 0) is 22.4 Å². The maximum absolute atomic E-state index is 12.0. The van der Waals surface area contributed by atoms with Crippen molar-refractivity contribution in [2.75, 3.05) is 12.4 Å². The van der Waals surface area contributed by atoms with Crippen LogP contribution in [0.4, 0.5) is 5.00 Å². The van der Waals surface area contributed by atoms with E-state index in [1.165, 1.54) is 23.3 Å². The molecule has 1 atom stereocenters. The van der Waals surface area contributed by atoms with Gasteiger partial charge in [-0.1, -0.05) is 20.8 Å². The van der Waals surface area contributed by atoms with Gasteiger partial charge >= 0.3 is 5.97 Å². The summed E-state index contributed by atoms with van der Waals surface area (Å²) in [5, 5.41) is 3.52. The van der Waals surface area contributed by atoms with E-state index in [1.807, 2.05) is 13.8 Å². The Kier molecular flexibility index (Phi) is 4.48. The molecule has 20 heavy (non-hydrogen) atoms. The van der Waals surface area contributed by atoms with Crippen LogP contribution in [0, 0.1) is 11.8 Å². The maximum atomic E-state index is 12.0. The Morgan fingerprint density at radius 1 is 1.40 bits per heavy atom. The fourth-order valence-electron chi connectivity index (χ4n) is 2.41. The summed E-state index contributed by atoms with van der Waals surface area (Å²) in [6.07, 6.45) is 2.93. The van der Waals surface area contributed by atoms with E-state index in [-0.39, 0.29) is 17.8 Å². The number of thiophene rings is 1. The number of methoxy groups -OCH3 is 1. The molecule has 0 saturated carbocycles. The Morgan fingerprint density at radius 2 is 2.10 bits per heavy atom. The number of hydrogen-bond acceptors (Lipinski definition) is 4. The number of amides is 1. The van der Waals surface area contributed by atoms with Crippen LogP contribution < -0.4 is 5.32 Å². The highest BCUT2D eigenvalue weighted by Gasteiger charge is 2.29. The minimum atomic E-state index is -0.351. The molecular weight excluding hydrogens is 274 g/mol. The average molecular weight is 295 g/mol. The van der Waals surface area contributed by atoms with E-state index in [0.29, 0.717) is 16.5 Å². The van der Waals surface area contributed by atoms with Crippen molar-refractivity contribution in [2.24, 2.45) is 11.8 Å². The number of carbonyl (C=O) groups excluding carboxylic acids is 2. The lowest BCUT2D eigenvalue weighted by molar-refractivity contribution is -0.118. The molecule has 0 saturated heterocycles. The second-order valence-electron chi connectivity index (χ2n) is 5.69. The third-order valence-electron chi connectivity index (χ3n) is 3.66. The molecule has 4 nitrogen and oxygen atoms in total. The van der Waals surface area contributed by atoms with Crippen molar-refractivity contribution in [1.29, 1.82) is 0 Å². The molecule has 0 bridgehead atoms. The molecule has 1 heterocycles. The summed E-state index contributed by atoms with van der Waals surface area (Å²) in [7, 11) is 1.38. The predicted molar refractivity (Wildman–Crippen MR) is 80.3 cm³/mol. The summed E-state index contributed by atoms with van der Waals surface area (Å²) in [5.74, 6) is 0.0942. The lowest BCUT2D eigenvalue weighted by Crippen LogP contribution is -2.19. The second-order valence-corrected chi connectivity index (χ2v) is 6.80. The van der Waals surface area contributed by atoms with Gasteiger partial charge in [0.1, 0.15) is 5.00 Å². The Bertz CT molecular complexity index is 533. The lowest BCUT2D eigenvalue weighted by Gasteiger charge is -2.18. The van der Waals surface area contributed by atoms with Gasteiger partial charge in [0.15, 0.2) is 0 Å². The van der Waals surface area contributed by atoms with E-state index < -0.39 is 0 Å². The molecule has 110 valence electrons. The molecule has 1 aliphatic rings. The lowest BCUT2D eigenvalue weighted by atomic mass is 9.88. The molecule has 0 unspecified atom stereocenters. The van der Waals surface area contributed by atoms with Crippen LogP contribution >= 0.6 is 11.3 Å². The molecule has 0 fully saturated rings. The average Bonchev–Trinajstić information content (AvgIpc) is 2.74. The van der Waals surface area contributed by atoms with Crippen molar-refractivity contribution < 1.29 is 14.3 Å². The SMILES string of the molecule is COC(=O)c1c(NC(=O)C(C)C)sc2c1CC[C@@H](C)C2. The van der Waals surface area contributed by atoms with Crippen molar-refractivity contribution in [3.8, 4) is 0 Å². The summed E-state index contributed by atoms with van der Waals surface area (Å²) in [6.45, 7) is 5.89. The number of nitrogens with one attached hydrogen (secondary N) is 1. The Hall–Kier alpha value is -1.36. The van der Waals surface area contributed by atoms with Crippen LogP contribution in [0.5, 0.6) is 0 Å². The number of anilines is 1. The van der Waals surface area contributed by atoms with Gasteiger partial charge in [-0.3, -0.25) is 4.79 Å². The van der Waals surface area contributed by atoms with Gasteiger partial charge in [0.25, 0.3) is 0 Å². The topological polar surface area (TPSA) is 55.4 Å². The molecule has 0 radical (unpaired) electrons. The zero-order valence-corrected chi connectivity index (χ0v) is 13.2. The third kappa shape index (κ3) is 2.87. The van der Waals surface area contributed by atoms with Crippen LogP contribution in [0.3, 0.4) is 0 Å². The maximum Gasteiger partial charge on any atom is 0.341 e. The first-order chi connectivity index (χ1) is 9.43. The van der Waals surface area contributed by atoms with Gasteiger partial charge < -0.3 is 10.1 Å². The first-order valence-corrected chi connectivity index (χ1v) is 7.79. The van der Waals surface area contributed by atoms with Gasteiger partial charge in [-0.15, -0.1) is 11.3 Å². The Morgan fingerprint density at radius 3 is 2.70 bits per heavy atom. The highest BCUT2D eigenvalue weighted by molar-refractivity contribution is 7.17. The molecule has 1 aromatic heterocycles. The van der Waals surface area contributed by atoms with E-state index in [0.717, 1.165) is 24.8 Å². The van der Waals surface area contributed by atoms with Crippen LogP contribution in [0.1, 0.15) is 48.0 Å². The highest BCUT2D eigenvalue weighted by Crippen LogP contribution is 2.40.